The van der Waals surface area contributed by atoms with Crippen LogP contribution >= 0.6 is 0 Å². The van der Waals surface area contributed by atoms with Crippen molar-refractivity contribution in [2.75, 3.05) is 19.6 Å². The summed E-state index contributed by atoms with van der Waals surface area (Å²) in [5, 5.41) is 3.53. The van der Waals surface area contributed by atoms with Crippen molar-refractivity contribution in [2.24, 2.45) is 5.92 Å². The van der Waals surface area contributed by atoms with Gasteiger partial charge < -0.3 is 5.32 Å². The second-order valence-corrected chi connectivity index (χ2v) is 4.36. The minimum Gasteiger partial charge on any atom is -0.311 e. The van der Waals surface area contributed by atoms with Crippen LogP contribution in [0.4, 0.5) is 0 Å². The fraction of sp³-hybridized carbons (Fsp3) is 0.818. The maximum Gasteiger partial charge on any atom is 0.0247 e. The molecule has 2 heteroatoms. The molecular weight excluding hydrogens is 160 g/mol. The first-order chi connectivity index (χ1) is 6.15. The molecule has 0 radical (unpaired) electrons. The van der Waals surface area contributed by atoms with Gasteiger partial charge in [-0.3, -0.25) is 4.90 Å². The van der Waals surface area contributed by atoms with E-state index in [1.807, 2.05) is 6.08 Å². The van der Waals surface area contributed by atoms with E-state index in [0.29, 0.717) is 12.1 Å². The van der Waals surface area contributed by atoms with Crippen LogP contribution in [0.1, 0.15) is 20.8 Å². The molecule has 0 amide bonds. The monoisotopic (exact) mass is 182 g/mol. The molecule has 0 aromatic carbocycles. The smallest absolute Gasteiger partial charge is 0.0247 e. The van der Waals surface area contributed by atoms with Gasteiger partial charge in [-0.25, -0.2) is 0 Å². The molecule has 0 bridgehead atoms. The van der Waals surface area contributed by atoms with Crippen LogP contribution in [0.25, 0.3) is 0 Å². The van der Waals surface area contributed by atoms with Gasteiger partial charge in [0.25, 0.3) is 0 Å². The molecule has 2 nitrogen and oxygen atoms in total. The van der Waals surface area contributed by atoms with E-state index in [4.69, 9.17) is 0 Å². The first-order valence-corrected chi connectivity index (χ1v) is 5.23. The Balaban J connectivity index is 2.54. The molecule has 0 spiro atoms. The van der Waals surface area contributed by atoms with Crippen LogP contribution < -0.4 is 5.32 Å². The molecule has 0 aliphatic carbocycles. The fourth-order valence-electron chi connectivity index (χ4n) is 2.04. The molecule has 76 valence electrons. The quantitative estimate of drug-likeness (QED) is 0.665. The lowest BCUT2D eigenvalue weighted by atomic mass is 9.99. The summed E-state index contributed by atoms with van der Waals surface area (Å²) in [7, 11) is 0. The molecule has 1 aliphatic heterocycles. The Bertz CT molecular complexity index is 165. The third kappa shape index (κ3) is 2.82. The highest BCUT2D eigenvalue weighted by molar-refractivity contribution is 4.89. The Kier molecular flexibility index (Phi) is 3.94. The highest BCUT2D eigenvalue weighted by Crippen LogP contribution is 2.14. The average molecular weight is 182 g/mol. The normalized spacial score (nSPS) is 30.8. The highest BCUT2D eigenvalue weighted by Gasteiger charge is 2.26. The van der Waals surface area contributed by atoms with Crippen molar-refractivity contribution in [2.45, 2.75) is 32.9 Å². The lowest BCUT2D eigenvalue weighted by Crippen LogP contribution is -2.57. The van der Waals surface area contributed by atoms with Gasteiger partial charge in [0.2, 0.25) is 0 Å². The van der Waals surface area contributed by atoms with Crippen molar-refractivity contribution in [3.05, 3.63) is 12.7 Å². The predicted molar refractivity (Wildman–Crippen MR) is 57.9 cm³/mol. The maximum absolute atomic E-state index is 3.81. The first kappa shape index (κ1) is 10.7. The van der Waals surface area contributed by atoms with Gasteiger partial charge in [-0.2, -0.15) is 0 Å². The Hall–Kier alpha value is -0.340. The molecule has 1 fully saturated rings. The Morgan fingerprint density at radius 1 is 1.62 bits per heavy atom. The molecule has 0 aromatic rings. The Labute approximate surface area is 82.0 Å². The van der Waals surface area contributed by atoms with Gasteiger partial charge in [0.15, 0.2) is 0 Å². The fourth-order valence-corrected chi connectivity index (χ4v) is 2.04. The minimum atomic E-state index is 0.620. The second-order valence-electron chi connectivity index (χ2n) is 4.36. The number of nitrogens with one attached hydrogen (secondary N) is 1. The highest BCUT2D eigenvalue weighted by atomic mass is 15.2. The number of hydrogen-bond donors (Lipinski definition) is 1. The maximum atomic E-state index is 3.81. The third-order valence-corrected chi connectivity index (χ3v) is 2.79. The third-order valence-electron chi connectivity index (χ3n) is 2.79. The summed E-state index contributed by atoms with van der Waals surface area (Å²) in [5.41, 5.74) is 0. The molecule has 0 saturated carbocycles. The van der Waals surface area contributed by atoms with Gasteiger partial charge >= 0.3 is 0 Å². The topological polar surface area (TPSA) is 15.3 Å². The number of nitrogens with zero attached hydrogens (tertiary/aromatic N) is 1. The first-order valence-electron chi connectivity index (χ1n) is 5.23. The summed E-state index contributed by atoms with van der Waals surface area (Å²) >= 11 is 0. The van der Waals surface area contributed by atoms with Gasteiger partial charge in [-0.1, -0.05) is 19.9 Å². The van der Waals surface area contributed by atoms with Gasteiger partial charge in [-0.15, -0.1) is 6.58 Å². The largest absolute Gasteiger partial charge is 0.311 e. The molecule has 13 heavy (non-hydrogen) atoms. The van der Waals surface area contributed by atoms with E-state index < -0.39 is 0 Å². The van der Waals surface area contributed by atoms with E-state index >= 15 is 0 Å². The Morgan fingerprint density at radius 3 is 2.85 bits per heavy atom. The standard InChI is InChI=1S/C11H22N2/c1-5-6-13-8-10(4)12-7-11(13)9(2)3/h5,9-12H,1,6-8H2,2-4H3. The second kappa shape index (κ2) is 4.77. The van der Waals surface area contributed by atoms with Gasteiger partial charge in [0.05, 0.1) is 0 Å². The van der Waals surface area contributed by atoms with Crippen LogP contribution in [0.15, 0.2) is 12.7 Å². The van der Waals surface area contributed by atoms with Gasteiger partial charge in [0.1, 0.15) is 0 Å². The summed E-state index contributed by atoms with van der Waals surface area (Å²) in [6, 6.07) is 1.30. The van der Waals surface area contributed by atoms with Crippen molar-refractivity contribution >= 4 is 0 Å². The molecule has 1 aliphatic rings. The summed E-state index contributed by atoms with van der Waals surface area (Å²) in [5.74, 6) is 0.722. The van der Waals surface area contributed by atoms with Crippen molar-refractivity contribution in [1.29, 1.82) is 0 Å². The zero-order valence-corrected chi connectivity index (χ0v) is 9.09. The van der Waals surface area contributed by atoms with Gasteiger partial charge in [0, 0.05) is 31.7 Å². The molecule has 2 atom stereocenters. The van der Waals surface area contributed by atoms with E-state index in [1.54, 1.807) is 0 Å². The molecule has 1 saturated heterocycles. The summed E-state index contributed by atoms with van der Waals surface area (Å²) in [6.07, 6.45) is 2.01. The van der Waals surface area contributed by atoms with E-state index in [2.05, 4.69) is 37.6 Å². The molecule has 2 unspecified atom stereocenters. The number of rotatable bonds is 3. The number of piperazine rings is 1. The van der Waals surface area contributed by atoms with Crippen LogP contribution in [0.5, 0.6) is 0 Å². The van der Waals surface area contributed by atoms with E-state index in [0.717, 1.165) is 25.6 Å². The van der Waals surface area contributed by atoms with Crippen LogP contribution in [0.3, 0.4) is 0 Å². The van der Waals surface area contributed by atoms with Crippen molar-refractivity contribution in [1.82, 2.24) is 10.2 Å². The van der Waals surface area contributed by atoms with Crippen LogP contribution in [0.2, 0.25) is 0 Å². The minimum absolute atomic E-state index is 0.620. The molecule has 1 N–H and O–H groups in total. The average Bonchev–Trinajstić information content (AvgIpc) is 2.04. The molecule has 1 rings (SSSR count). The van der Waals surface area contributed by atoms with Crippen LogP contribution in [-0.2, 0) is 0 Å². The lowest BCUT2D eigenvalue weighted by Gasteiger charge is -2.41. The molecule has 0 aromatic heterocycles. The van der Waals surface area contributed by atoms with E-state index in [1.165, 1.54) is 0 Å². The number of hydrogen-bond acceptors (Lipinski definition) is 2. The van der Waals surface area contributed by atoms with Crippen LogP contribution in [0, 0.1) is 5.92 Å². The van der Waals surface area contributed by atoms with Crippen LogP contribution in [-0.4, -0.2) is 36.6 Å². The van der Waals surface area contributed by atoms with Crippen molar-refractivity contribution in [3.8, 4) is 0 Å². The van der Waals surface area contributed by atoms with Gasteiger partial charge in [-0.05, 0) is 12.8 Å². The summed E-state index contributed by atoms with van der Waals surface area (Å²) in [4.78, 5) is 2.53. The zero-order valence-electron chi connectivity index (χ0n) is 9.09. The lowest BCUT2D eigenvalue weighted by molar-refractivity contribution is 0.116. The summed E-state index contributed by atoms with van der Waals surface area (Å²) in [6.45, 7) is 13.9. The SMILES string of the molecule is C=CCN1CC(C)NCC1C(C)C. The van der Waals surface area contributed by atoms with E-state index in [9.17, 15) is 0 Å². The Morgan fingerprint density at radius 2 is 2.31 bits per heavy atom. The molecule has 1 heterocycles. The molecular formula is C11H22N2. The van der Waals surface area contributed by atoms with E-state index in [-0.39, 0.29) is 0 Å². The van der Waals surface area contributed by atoms with Crippen molar-refractivity contribution < 1.29 is 0 Å². The van der Waals surface area contributed by atoms with Crippen molar-refractivity contribution in [3.63, 3.8) is 0 Å². The predicted octanol–water partition coefficient (Wildman–Crippen LogP) is 1.49. The zero-order chi connectivity index (χ0) is 9.84. The summed E-state index contributed by atoms with van der Waals surface area (Å²) < 4.78 is 0.